The normalized spacial score (nSPS) is 29.5. The van der Waals surface area contributed by atoms with Gasteiger partial charge in [0.25, 0.3) is 0 Å². The molecule has 0 nitrogen and oxygen atoms in total. The molecule has 0 aromatic rings. The van der Waals surface area contributed by atoms with Crippen LogP contribution in [0.25, 0.3) is 0 Å². The Hall–Kier alpha value is 0. The summed E-state index contributed by atoms with van der Waals surface area (Å²) in [6.07, 6.45) is 4.28. The van der Waals surface area contributed by atoms with Crippen molar-refractivity contribution in [3.63, 3.8) is 0 Å². The fourth-order valence-corrected chi connectivity index (χ4v) is 2.18. The van der Waals surface area contributed by atoms with Gasteiger partial charge in [-0.15, -0.1) is 0 Å². The molecule has 1 rings (SSSR count). The molecular formula is C12H24. The molecule has 72 valence electrons. The van der Waals surface area contributed by atoms with Gasteiger partial charge in [-0.05, 0) is 36.0 Å². The Morgan fingerprint density at radius 3 is 2.25 bits per heavy atom. The number of hydrogen-bond acceptors (Lipinski definition) is 0. The van der Waals surface area contributed by atoms with E-state index in [0.29, 0.717) is 5.41 Å². The maximum Gasteiger partial charge on any atom is -0.0354 e. The van der Waals surface area contributed by atoms with E-state index in [0.717, 1.165) is 17.8 Å². The molecule has 1 saturated carbocycles. The van der Waals surface area contributed by atoms with Crippen LogP contribution in [-0.4, -0.2) is 0 Å². The van der Waals surface area contributed by atoms with Gasteiger partial charge in [0, 0.05) is 0 Å². The van der Waals surface area contributed by atoms with E-state index >= 15 is 0 Å². The van der Waals surface area contributed by atoms with Crippen LogP contribution in [-0.2, 0) is 0 Å². The molecule has 0 heterocycles. The van der Waals surface area contributed by atoms with Gasteiger partial charge in [-0.2, -0.15) is 0 Å². The molecule has 0 spiro atoms. The molecule has 0 aliphatic heterocycles. The minimum atomic E-state index is 0.592. The van der Waals surface area contributed by atoms with E-state index in [1.165, 1.54) is 19.3 Å². The Bertz CT molecular complexity index is 144. The lowest BCUT2D eigenvalue weighted by molar-refractivity contribution is 0.289. The van der Waals surface area contributed by atoms with Crippen molar-refractivity contribution in [3.05, 3.63) is 0 Å². The van der Waals surface area contributed by atoms with E-state index in [9.17, 15) is 0 Å². The van der Waals surface area contributed by atoms with Gasteiger partial charge in [0.15, 0.2) is 0 Å². The predicted molar refractivity (Wildman–Crippen MR) is 55.1 cm³/mol. The molecule has 0 saturated heterocycles. The summed E-state index contributed by atoms with van der Waals surface area (Å²) in [6, 6.07) is 0. The fourth-order valence-electron chi connectivity index (χ4n) is 2.18. The first-order valence-electron chi connectivity index (χ1n) is 5.46. The molecule has 0 heteroatoms. The smallest absolute Gasteiger partial charge is 0.0354 e. The monoisotopic (exact) mass is 168 g/mol. The molecule has 0 amide bonds. The largest absolute Gasteiger partial charge is 0.0649 e. The third kappa shape index (κ3) is 2.50. The van der Waals surface area contributed by atoms with Crippen molar-refractivity contribution in [2.45, 2.75) is 53.9 Å². The molecule has 0 N–H and O–H groups in total. The van der Waals surface area contributed by atoms with Gasteiger partial charge in [-0.1, -0.05) is 41.0 Å². The third-order valence-corrected chi connectivity index (χ3v) is 3.61. The minimum absolute atomic E-state index is 0.592. The first kappa shape index (κ1) is 10.1. The van der Waals surface area contributed by atoms with Gasteiger partial charge >= 0.3 is 0 Å². The van der Waals surface area contributed by atoms with E-state index in [-0.39, 0.29) is 0 Å². The Kier molecular flexibility index (Phi) is 2.85. The van der Waals surface area contributed by atoms with Crippen LogP contribution < -0.4 is 0 Å². The standard InChI is InChI=1S/C12H24/c1-6-12(4,5)8-10-7-11(10)9(2)3/h9-11H,6-8H2,1-5H3. The highest BCUT2D eigenvalue weighted by molar-refractivity contribution is 4.91. The maximum absolute atomic E-state index is 2.41. The van der Waals surface area contributed by atoms with Crippen LogP contribution >= 0.6 is 0 Å². The van der Waals surface area contributed by atoms with Crippen molar-refractivity contribution in [3.8, 4) is 0 Å². The second-order valence-corrected chi connectivity index (χ2v) is 5.63. The van der Waals surface area contributed by atoms with E-state index in [4.69, 9.17) is 0 Å². The molecule has 12 heavy (non-hydrogen) atoms. The zero-order valence-corrected chi connectivity index (χ0v) is 9.35. The molecular weight excluding hydrogens is 144 g/mol. The van der Waals surface area contributed by atoms with Crippen molar-refractivity contribution in [1.82, 2.24) is 0 Å². The van der Waals surface area contributed by atoms with Gasteiger partial charge in [0.1, 0.15) is 0 Å². The summed E-state index contributed by atoms with van der Waals surface area (Å²) in [5.74, 6) is 3.03. The first-order valence-corrected chi connectivity index (χ1v) is 5.46. The third-order valence-electron chi connectivity index (χ3n) is 3.61. The van der Waals surface area contributed by atoms with Crippen LogP contribution in [0.4, 0.5) is 0 Å². The summed E-state index contributed by atoms with van der Waals surface area (Å²) in [5.41, 5.74) is 0.592. The molecule has 0 bridgehead atoms. The Morgan fingerprint density at radius 2 is 1.92 bits per heavy atom. The molecule has 0 radical (unpaired) electrons. The van der Waals surface area contributed by atoms with Crippen molar-refractivity contribution >= 4 is 0 Å². The quantitative estimate of drug-likeness (QED) is 0.592. The number of rotatable bonds is 4. The fraction of sp³-hybridized carbons (Fsp3) is 1.00. The van der Waals surface area contributed by atoms with Crippen LogP contribution in [0.15, 0.2) is 0 Å². The topological polar surface area (TPSA) is 0 Å². The van der Waals surface area contributed by atoms with Crippen LogP contribution in [0.5, 0.6) is 0 Å². The summed E-state index contributed by atoms with van der Waals surface area (Å²) in [6.45, 7) is 11.9. The average Bonchev–Trinajstić information content (AvgIpc) is 2.67. The van der Waals surface area contributed by atoms with Crippen molar-refractivity contribution in [2.75, 3.05) is 0 Å². The van der Waals surface area contributed by atoms with E-state index in [1.807, 2.05) is 0 Å². The summed E-state index contributed by atoms with van der Waals surface area (Å²) in [7, 11) is 0. The highest BCUT2D eigenvalue weighted by atomic mass is 14.5. The second-order valence-electron chi connectivity index (χ2n) is 5.63. The predicted octanol–water partition coefficient (Wildman–Crippen LogP) is 4.10. The molecule has 2 atom stereocenters. The van der Waals surface area contributed by atoms with Crippen LogP contribution in [0.2, 0.25) is 0 Å². The summed E-state index contributed by atoms with van der Waals surface area (Å²) >= 11 is 0. The Balaban J connectivity index is 2.27. The summed E-state index contributed by atoms with van der Waals surface area (Å²) in [5, 5.41) is 0. The zero-order valence-electron chi connectivity index (χ0n) is 9.35. The minimum Gasteiger partial charge on any atom is -0.0649 e. The lowest BCUT2D eigenvalue weighted by Gasteiger charge is -2.22. The second kappa shape index (κ2) is 3.40. The van der Waals surface area contributed by atoms with E-state index in [1.54, 1.807) is 0 Å². The molecule has 2 unspecified atom stereocenters. The lowest BCUT2D eigenvalue weighted by atomic mass is 9.83. The average molecular weight is 168 g/mol. The maximum atomic E-state index is 2.41. The summed E-state index contributed by atoms with van der Waals surface area (Å²) in [4.78, 5) is 0. The SMILES string of the molecule is CCC(C)(C)CC1CC1C(C)C. The van der Waals surface area contributed by atoms with Gasteiger partial charge in [0.2, 0.25) is 0 Å². The van der Waals surface area contributed by atoms with Gasteiger partial charge in [-0.3, -0.25) is 0 Å². The van der Waals surface area contributed by atoms with Crippen molar-refractivity contribution in [1.29, 1.82) is 0 Å². The highest BCUT2D eigenvalue weighted by Gasteiger charge is 2.41. The van der Waals surface area contributed by atoms with E-state index in [2.05, 4.69) is 34.6 Å². The van der Waals surface area contributed by atoms with Crippen LogP contribution in [0, 0.1) is 23.2 Å². The first-order chi connectivity index (χ1) is 5.46. The molecule has 1 fully saturated rings. The Labute approximate surface area is 77.7 Å². The molecule has 0 aromatic carbocycles. The summed E-state index contributed by atoms with van der Waals surface area (Å²) < 4.78 is 0. The number of hydrogen-bond donors (Lipinski definition) is 0. The lowest BCUT2D eigenvalue weighted by Crippen LogP contribution is -2.11. The molecule has 1 aliphatic rings. The van der Waals surface area contributed by atoms with Crippen molar-refractivity contribution in [2.24, 2.45) is 23.2 Å². The Morgan fingerprint density at radius 1 is 1.33 bits per heavy atom. The van der Waals surface area contributed by atoms with Gasteiger partial charge < -0.3 is 0 Å². The van der Waals surface area contributed by atoms with Gasteiger partial charge in [0.05, 0.1) is 0 Å². The van der Waals surface area contributed by atoms with Crippen LogP contribution in [0.3, 0.4) is 0 Å². The molecule has 0 aromatic heterocycles. The van der Waals surface area contributed by atoms with Gasteiger partial charge in [-0.25, -0.2) is 0 Å². The molecule has 1 aliphatic carbocycles. The van der Waals surface area contributed by atoms with Crippen LogP contribution in [0.1, 0.15) is 53.9 Å². The highest BCUT2D eigenvalue weighted by Crippen LogP contribution is 2.50. The van der Waals surface area contributed by atoms with Crippen molar-refractivity contribution < 1.29 is 0 Å². The van der Waals surface area contributed by atoms with E-state index < -0.39 is 0 Å². The zero-order chi connectivity index (χ0) is 9.35.